The number of halogens is 1. The van der Waals surface area contributed by atoms with E-state index < -0.39 is 11.7 Å². The van der Waals surface area contributed by atoms with Crippen molar-refractivity contribution in [3.63, 3.8) is 0 Å². The van der Waals surface area contributed by atoms with E-state index in [0.717, 1.165) is 19.3 Å². The topological polar surface area (TPSA) is 100 Å². The number of methoxy groups -OCH3 is 1. The van der Waals surface area contributed by atoms with Crippen LogP contribution in [-0.4, -0.2) is 79.7 Å². The lowest BCUT2D eigenvalue weighted by atomic mass is 9.80. The zero-order valence-corrected chi connectivity index (χ0v) is 20.7. The van der Waals surface area contributed by atoms with Gasteiger partial charge in [-0.2, -0.15) is 9.97 Å². The summed E-state index contributed by atoms with van der Waals surface area (Å²) in [5.41, 5.74) is 0.648. The Morgan fingerprint density at radius 3 is 2.76 bits per heavy atom. The Hall–Kier alpha value is -2.92. The summed E-state index contributed by atoms with van der Waals surface area (Å²) in [6.45, 7) is 4.24. The third-order valence-corrected chi connectivity index (χ3v) is 8.81. The highest BCUT2D eigenvalue weighted by Crippen LogP contribution is 2.52. The number of hydrogen-bond acceptors (Lipinski definition) is 10. The van der Waals surface area contributed by atoms with Gasteiger partial charge in [-0.1, -0.05) is 17.4 Å². The van der Waals surface area contributed by atoms with Crippen molar-refractivity contribution in [1.82, 2.24) is 30.0 Å². The molecule has 0 amide bonds. The first-order chi connectivity index (χ1) is 16.2. The summed E-state index contributed by atoms with van der Waals surface area (Å²) in [5, 5.41) is 20.5. The molecule has 2 saturated heterocycles. The van der Waals surface area contributed by atoms with Gasteiger partial charge < -0.3 is 14.7 Å². The van der Waals surface area contributed by atoms with Crippen LogP contribution in [0, 0.1) is 0 Å². The van der Waals surface area contributed by atoms with Gasteiger partial charge in [-0.3, -0.25) is 4.90 Å². The molecule has 1 N–H and O–H groups in total. The van der Waals surface area contributed by atoms with Crippen molar-refractivity contribution in [2.24, 2.45) is 0 Å². The van der Waals surface area contributed by atoms with Gasteiger partial charge in [0.05, 0.1) is 24.3 Å². The van der Waals surface area contributed by atoms with Crippen molar-refractivity contribution in [3.05, 3.63) is 24.5 Å². The molecule has 5 rings (SSSR count). The van der Waals surface area contributed by atoms with Gasteiger partial charge in [0.2, 0.25) is 5.13 Å². The molecular weight excluding hydrogens is 457 g/mol. The van der Waals surface area contributed by atoms with Crippen LogP contribution < -0.4 is 9.64 Å². The van der Waals surface area contributed by atoms with Crippen LogP contribution in [0.4, 0.5) is 9.52 Å². The van der Waals surface area contributed by atoms with E-state index in [9.17, 15) is 5.11 Å². The fraction of sp³-hybridized carbons (Fsp3) is 0.522. The summed E-state index contributed by atoms with van der Waals surface area (Å²) >= 11 is 1.34. The summed E-state index contributed by atoms with van der Waals surface area (Å²) in [5.74, 6) is 0.419. The predicted molar refractivity (Wildman–Crippen MR) is 128 cm³/mol. The molecule has 0 unspecified atom stereocenters. The zero-order valence-electron chi connectivity index (χ0n) is 19.9. The molecule has 2 bridgehead atoms. The molecule has 34 heavy (non-hydrogen) atoms. The Morgan fingerprint density at radius 1 is 1.24 bits per heavy atom. The lowest BCUT2D eigenvalue weighted by Crippen LogP contribution is -2.66. The molecule has 0 aliphatic carbocycles. The number of benzene rings is 1. The zero-order chi connectivity index (χ0) is 24.3. The number of alkyl halides is 1. The van der Waals surface area contributed by atoms with Crippen molar-refractivity contribution in [2.75, 3.05) is 26.1 Å². The second kappa shape index (κ2) is 8.09. The molecule has 9 nitrogen and oxygen atoms in total. The van der Waals surface area contributed by atoms with Gasteiger partial charge in [-0.15, -0.1) is 10.2 Å². The van der Waals surface area contributed by atoms with E-state index in [2.05, 4.69) is 37.0 Å². The molecule has 11 heteroatoms. The van der Waals surface area contributed by atoms with Crippen LogP contribution in [0.25, 0.3) is 22.0 Å². The van der Waals surface area contributed by atoms with E-state index in [1.165, 1.54) is 24.8 Å². The van der Waals surface area contributed by atoms with Gasteiger partial charge in [-0.05, 0) is 52.3 Å². The normalized spacial score (nSPS) is 28.8. The van der Waals surface area contributed by atoms with E-state index in [0.29, 0.717) is 27.1 Å². The van der Waals surface area contributed by atoms with Crippen LogP contribution in [0.15, 0.2) is 24.5 Å². The molecule has 2 aromatic heterocycles. The van der Waals surface area contributed by atoms with Gasteiger partial charge in [0.25, 0.3) is 0 Å². The Morgan fingerprint density at radius 2 is 2.03 bits per heavy atom. The van der Waals surface area contributed by atoms with E-state index in [1.807, 2.05) is 25.9 Å². The average molecular weight is 486 g/mol. The Bertz CT molecular complexity index is 1230. The summed E-state index contributed by atoms with van der Waals surface area (Å²) in [4.78, 5) is 16.4. The predicted octanol–water partition coefficient (Wildman–Crippen LogP) is 3.56. The first kappa shape index (κ1) is 22.9. The van der Waals surface area contributed by atoms with Crippen LogP contribution >= 0.6 is 11.3 Å². The number of piperidine rings is 1. The third kappa shape index (κ3) is 3.49. The maximum atomic E-state index is 15.7. The number of rotatable bonds is 5. The van der Waals surface area contributed by atoms with Crippen LogP contribution in [0.3, 0.4) is 0 Å². The second-order valence-electron chi connectivity index (χ2n) is 9.61. The third-order valence-electron chi connectivity index (χ3n) is 7.76. The van der Waals surface area contributed by atoms with E-state index in [-0.39, 0.29) is 23.3 Å². The maximum absolute atomic E-state index is 15.7. The van der Waals surface area contributed by atoms with Crippen molar-refractivity contribution in [3.8, 4) is 33.7 Å². The highest BCUT2D eigenvalue weighted by molar-refractivity contribution is 7.18. The van der Waals surface area contributed by atoms with Crippen LogP contribution in [0.5, 0.6) is 11.8 Å². The van der Waals surface area contributed by atoms with E-state index in [4.69, 9.17) is 4.74 Å². The number of ether oxygens (including phenoxy) is 1. The van der Waals surface area contributed by atoms with Crippen molar-refractivity contribution >= 4 is 16.5 Å². The highest BCUT2D eigenvalue weighted by atomic mass is 32.1. The molecule has 180 valence electrons. The number of aromatic nitrogens is 5. The van der Waals surface area contributed by atoms with Gasteiger partial charge in [0.15, 0.2) is 10.8 Å². The molecular formula is C23H28FN7O2S. The molecule has 1 aromatic carbocycles. The molecule has 2 aliphatic heterocycles. The first-order valence-corrected chi connectivity index (χ1v) is 12.0. The second-order valence-corrected chi connectivity index (χ2v) is 10.6. The number of phenols is 1. The minimum atomic E-state index is -1.00. The summed E-state index contributed by atoms with van der Waals surface area (Å²) in [6.07, 6.45) is 2.91. The minimum absolute atomic E-state index is 0.0305. The Balaban J connectivity index is 1.40. The summed E-state index contributed by atoms with van der Waals surface area (Å²) < 4.78 is 20.8. The van der Waals surface area contributed by atoms with E-state index in [1.54, 1.807) is 18.2 Å². The van der Waals surface area contributed by atoms with Gasteiger partial charge in [0.1, 0.15) is 18.2 Å². The minimum Gasteiger partial charge on any atom is -0.507 e. The van der Waals surface area contributed by atoms with Crippen molar-refractivity contribution in [1.29, 1.82) is 0 Å². The number of anilines is 1. The largest absolute Gasteiger partial charge is 0.507 e. The van der Waals surface area contributed by atoms with E-state index >= 15 is 4.39 Å². The fourth-order valence-corrected chi connectivity index (χ4v) is 6.22. The molecule has 4 heterocycles. The van der Waals surface area contributed by atoms with Gasteiger partial charge in [0, 0.05) is 18.2 Å². The SMILES string of the molecule is COc1ncnc(-c2ccc(-c3nnc(N(C)[C@H]4C[C@]5(C)CC[C@](C)([C@H]4F)N5C)s3)c(O)c2)n1. The smallest absolute Gasteiger partial charge is 0.319 e. The maximum Gasteiger partial charge on any atom is 0.319 e. The molecule has 0 saturated carbocycles. The van der Waals surface area contributed by atoms with Crippen molar-refractivity contribution in [2.45, 2.75) is 56.4 Å². The highest BCUT2D eigenvalue weighted by Gasteiger charge is 2.60. The monoisotopic (exact) mass is 485 g/mol. The number of nitrogens with zero attached hydrogens (tertiary/aromatic N) is 7. The van der Waals surface area contributed by atoms with Gasteiger partial charge >= 0.3 is 6.01 Å². The molecule has 0 radical (unpaired) electrons. The van der Waals surface area contributed by atoms with Crippen LogP contribution in [-0.2, 0) is 0 Å². The Labute approximate surface area is 201 Å². The van der Waals surface area contributed by atoms with Crippen LogP contribution in [0.1, 0.15) is 33.1 Å². The lowest BCUT2D eigenvalue weighted by Gasteiger charge is -2.53. The molecule has 0 spiro atoms. The first-order valence-electron chi connectivity index (χ1n) is 11.2. The number of fused-ring (bicyclic) bond motifs is 2. The fourth-order valence-electron chi connectivity index (χ4n) is 5.32. The van der Waals surface area contributed by atoms with Crippen LogP contribution in [0.2, 0.25) is 0 Å². The molecule has 4 atom stereocenters. The molecule has 2 fully saturated rings. The average Bonchev–Trinajstić information content (AvgIpc) is 3.39. The standard InChI is InChI=1S/C23H28FN7O2S/c1-22-8-9-23(2,31(22)4)17(24)15(11-22)30(3)21-29-28-19(34-21)14-7-6-13(10-16(14)32)18-25-12-26-20(27-18)33-5/h6-7,10,12,15,17,32H,8-9,11H2,1-5H3/t15-,17-,22-,23+/m0/s1. The summed E-state index contributed by atoms with van der Waals surface area (Å²) in [7, 11) is 5.40. The Kier molecular flexibility index (Phi) is 5.44. The summed E-state index contributed by atoms with van der Waals surface area (Å²) in [6, 6.07) is 5.03. The quantitative estimate of drug-likeness (QED) is 0.581. The molecule has 2 aliphatic rings. The number of aromatic hydroxyl groups is 1. The van der Waals surface area contributed by atoms with Crippen molar-refractivity contribution < 1.29 is 14.2 Å². The number of hydrogen-bond donors (Lipinski definition) is 1. The van der Waals surface area contributed by atoms with Gasteiger partial charge in [-0.25, -0.2) is 9.37 Å². The number of phenolic OH excluding ortho intramolecular Hbond substituents is 1. The lowest BCUT2D eigenvalue weighted by molar-refractivity contribution is -0.0358. The molecule has 3 aromatic rings.